The predicted octanol–water partition coefficient (Wildman–Crippen LogP) is 5.77. The van der Waals surface area contributed by atoms with E-state index in [2.05, 4.69) is 11.9 Å². The zero-order valence-corrected chi connectivity index (χ0v) is 18.5. The second-order valence-corrected chi connectivity index (χ2v) is 8.70. The zero-order chi connectivity index (χ0) is 22.1. The van der Waals surface area contributed by atoms with Crippen LogP contribution in [0, 0.1) is 12.8 Å². The van der Waals surface area contributed by atoms with Gasteiger partial charge in [-0.3, -0.25) is 4.79 Å². The summed E-state index contributed by atoms with van der Waals surface area (Å²) in [5, 5.41) is 1.08. The average molecular weight is 430 g/mol. The molecule has 0 bridgehead atoms. The summed E-state index contributed by atoms with van der Waals surface area (Å²) in [7, 11) is 2.15. The maximum absolute atomic E-state index is 13.2. The van der Waals surface area contributed by atoms with Crippen molar-refractivity contribution in [3.8, 4) is 17.2 Å². The number of benzene rings is 3. The van der Waals surface area contributed by atoms with Crippen LogP contribution < -0.4 is 14.9 Å². The van der Waals surface area contributed by atoms with E-state index in [1.54, 1.807) is 18.2 Å². The summed E-state index contributed by atoms with van der Waals surface area (Å²) in [5.74, 6) is 2.49. The van der Waals surface area contributed by atoms with Crippen LogP contribution in [-0.4, -0.2) is 31.6 Å². The van der Waals surface area contributed by atoms with Crippen molar-refractivity contribution in [2.24, 2.45) is 5.92 Å². The van der Waals surface area contributed by atoms with Crippen LogP contribution >= 0.6 is 0 Å². The third-order valence-corrected chi connectivity index (χ3v) is 6.15. The summed E-state index contributed by atoms with van der Waals surface area (Å²) in [6.45, 7) is 4.78. The van der Waals surface area contributed by atoms with E-state index < -0.39 is 0 Å². The highest BCUT2D eigenvalue weighted by atomic mass is 16.5. The Hall–Kier alpha value is -3.31. The molecule has 1 fully saturated rings. The first-order chi connectivity index (χ1) is 15.6. The average Bonchev–Trinajstić information content (AvgIpc) is 2.80. The van der Waals surface area contributed by atoms with Crippen molar-refractivity contribution in [1.82, 2.24) is 4.90 Å². The molecule has 0 aliphatic carbocycles. The Morgan fingerprint density at radius 3 is 2.53 bits per heavy atom. The Kier molecular flexibility index (Phi) is 5.58. The summed E-state index contributed by atoms with van der Waals surface area (Å²) >= 11 is 0. The molecule has 1 aliphatic heterocycles. The number of fused-ring (bicyclic) bond motifs is 2. The van der Waals surface area contributed by atoms with Crippen LogP contribution in [0.15, 0.2) is 69.9 Å². The summed E-state index contributed by atoms with van der Waals surface area (Å²) in [6, 6.07) is 18.7. The normalized spacial score (nSPS) is 15.3. The molecule has 5 nitrogen and oxygen atoms in total. The van der Waals surface area contributed by atoms with Crippen molar-refractivity contribution in [2.75, 3.05) is 26.7 Å². The van der Waals surface area contributed by atoms with Gasteiger partial charge in [-0.2, -0.15) is 0 Å². The van der Waals surface area contributed by atoms with Crippen molar-refractivity contribution >= 4 is 21.9 Å². The van der Waals surface area contributed by atoms with Crippen molar-refractivity contribution in [3.05, 3.63) is 76.5 Å². The molecule has 1 aromatic heterocycles. The van der Waals surface area contributed by atoms with Gasteiger partial charge in [0.2, 0.25) is 5.43 Å². The van der Waals surface area contributed by atoms with Crippen LogP contribution in [0.25, 0.3) is 21.9 Å². The molecule has 0 N–H and O–H groups in total. The third kappa shape index (κ3) is 4.21. The van der Waals surface area contributed by atoms with Crippen LogP contribution in [0.2, 0.25) is 0 Å². The number of aryl methyl sites for hydroxylation is 1. The van der Waals surface area contributed by atoms with E-state index >= 15 is 0 Å². The molecule has 0 radical (unpaired) electrons. The van der Waals surface area contributed by atoms with Crippen LogP contribution in [0.5, 0.6) is 17.2 Å². The van der Waals surface area contributed by atoms with E-state index in [-0.39, 0.29) is 5.43 Å². The van der Waals surface area contributed by atoms with Gasteiger partial charge in [0.05, 0.1) is 17.4 Å². The van der Waals surface area contributed by atoms with Gasteiger partial charge in [0.25, 0.3) is 0 Å². The van der Waals surface area contributed by atoms with E-state index in [9.17, 15) is 4.79 Å². The van der Waals surface area contributed by atoms with Gasteiger partial charge in [0.15, 0.2) is 11.3 Å². The first-order valence-electron chi connectivity index (χ1n) is 11.1. The molecular formula is C27H27NO4. The highest BCUT2D eigenvalue weighted by molar-refractivity contribution is 5.93. The molecule has 0 unspecified atom stereocenters. The van der Waals surface area contributed by atoms with Crippen LogP contribution in [0.3, 0.4) is 0 Å². The molecule has 32 heavy (non-hydrogen) atoms. The van der Waals surface area contributed by atoms with Gasteiger partial charge in [0, 0.05) is 6.07 Å². The van der Waals surface area contributed by atoms with Crippen LogP contribution in [0.4, 0.5) is 0 Å². The number of hydrogen-bond acceptors (Lipinski definition) is 5. The van der Waals surface area contributed by atoms with Gasteiger partial charge in [-0.1, -0.05) is 18.2 Å². The van der Waals surface area contributed by atoms with Crippen molar-refractivity contribution in [1.29, 1.82) is 0 Å². The van der Waals surface area contributed by atoms with Crippen LogP contribution in [0.1, 0.15) is 18.4 Å². The molecule has 3 aromatic carbocycles. The summed E-state index contributed by atoms with van der Waals surface area (Å²) in [5.41, 5.74) is 1.91. The number of piperidine rings is 1. The SMILES string of the molecule is Cc1cc(OCC2CCN(C)CC2)c2oc3cc(Oc4ccccc4)ccc3c(=O)c2c1. The molecule has 1 aliphatic rings. The maximum atomic E-state index is 13.2. The molecule has 2 heterocycles. The highest BCUT2D eigenvalue weighted by Crippen LogP contribution is 2.32. The number of ether oxygens (including phenoxy) is 2. The second-order valence-electron chi connectivity index (χ2n) is 8.70. The summed E-state index contributed by atoms with van der Waals surface area (Å²) in [4.78, 5) is 15.6. The van der Waals surface area contributed by atoms with Crippen molar-refractivity contribution < 1.29 is 13.9 Å². The quantitative estimate of drug-likeness (QED) is 0.377. The third-order valence-electron chi connectivity index (χ3n) is 6.15. The maximum Gasteiger partial charge on any atom is 0.200 e. The first kappa shape index (κ1) is 20.6. The first-order valence-corrected chi connectivity index (χ1v) is 11.1. The Bertz CT molecular complexity index is 1300. The lowest BCUT2D eigenvalue weighted by Crippen LogP contribution is -2.32. The number of likely N-dealkylation sites (tertiary alicyclic amines) is 1. The minimum atomic E-state index is -0.0552. The molecule has 1 saturated heterocycles. The van der Waals surface area contributed by atoms with Gasteiger partial charge in [-0.15, -0.1) is 0 Å². The molecule has 0 atom stereocenters. The standard InChI is InChI=1S/C27H27NO4/c1-18-14-23-26(29)22-9-8-21(31-20-6-4-3-5-7-20)16-24(22)32-27(23)25(15-18)30-17-19-10-12-28(2)13-11-19/h3-9,14-16,19H,10-13,17H2,1-2H3. The predicted molar refractivity (Wildman–Crippen MR) is 127 cm³/mol. The Morgan fingerprint density at radius 2 is 1.75 bits per heavy atom. The smallest absolute Gasteiger partial charge is 0.200 e. The molecule has 5 rings (SSSR count). The number of para-hydroxylation sites is 1. The summed E-state index contributed by atoms with van der Waals surface area (Å²) in [6.07, 6.45) is 2.24. The number of hydrogen-bond donors (Lipinski definition) is 0. The Morgan fingerprint density at radius 1 is 0.969 bits per heavy atom. The van der Waals surface area contributed by atoms with Crippen molar-refractivity contribution in [2.45, 2.75) is 19.8 Å². The van der Waals surface area contributed by atoms with Gasteiger partial charge < -0.3 is 18.8 Å². The fourth-order valence-electron chi connectivity index (χ4n) is 4.28. The number of nitrogens with zero attached hydrogens (tertiary/aromatic N) is 1. The minimum absolute atomic E-state index is 0.0552. The van der Waals surface area contributed by atoms with Gasteiger partial charge >= 0.3 is 0 Å². The van der Waals surface area contributed by atoms with Crippen LogP contribution in [-0.2, 0) is 0 Å². The summed E-state index contributed by atoms with van der Waals surface area (Å²) < 4.78 is 18.4. The zero-order valence-electron chi connectivity index (χ0n) is 18.5. The Balaban J connectivity index is 1.50. The molecule has 0 amide bonds. The highest BCUT2D eigenvalue weighted by Gasteiger charge is 2.19. The van der Waals surface area contributed by atoms with E-state index in [0.29, 0.717) is 46.0 Å². The van der Waals surface area contributed by atoms with E-state index in [4.69, 9.17) is 13.9 Å². The molecule has 0 saturated carbocycles. The van der Waals surface area contributed by atoms with E-state index in [0.717, 1.165) is 37.2 Å². The molecular weight excluding hydrogens is 402 g/mol. The molecule has 0 spiro atoms. The van der Waals surface area contributed by atoms with Gasteiger partial charge in [-0.25, -0.2) is 0 Å². The second kappa shape index (κ2) is 8.67. The molecule has 164 valence electrons. The molecule has 4 aromatic rings. The lowest BCUT2D eigenvalue weighted by atomic mass is 9.98. The fourth-order valence-corrected chi connectivity index (χ4v) is 4.28. The minimum Gasteiger partial charge on any atom is -0.489 e. The van der Waals surface area contributed by atoms with Gasteiger partial charge in [-0.05, 0) is 87.8 Å². The monoisotopic (exact) mass is 429 g/mol. The van der Waals surface area contributed by atoms with E-state index in [1.807, 2.05) is 49.4 Å². The number of rotatable bonds is 5. The lowest BCUT2D eigenvalue weighted by Gasteiger charge is -2.28. The van der Waals surface area contributed by atoms with Gasteiger partial charge in [0.1, 0.15) is 17.1 Å². The lowest BCUT2D eigenvalue weighted by molar-refractivity contribution is 0.160. The van der Waals surface area contributed by atoms with E-state index in [1.165, 1.54) is 0 Å². The molecule has 5 heteroatoms. The topological polar surface area (TPSA) is 51.9 Å². The van der Waals surface area contributed by atoms with Crippen molar-refractivity contribution in [3.63, 3.8) is 0 Å². The Labute approximate surface area is 187 Å². The fraction of sp³-hybridized carbons (Fsp3) is 0.296. The largest absolute Gasteiger partial charge is 0.489 e.